The molecule has 366 valence electrons. The predicted octanol–water partition coefficient (Wildman–Crippen LogP) is 20.3. The normalized spacial score (nSPS) is 11.4. The van der Waals surface area contributed by atoms with Crippen LogP contribution in [-0.2, 0) is 0 Å². The zero-order chi connectivity index (χ0) is 52.2. The molecule has 0 saturated heterocycles. The summed E-state index contributed by atoms with van der Waals surface area (Å²) < 4.78 is 4.74. The van der Waals surface area contributed by atoms with Crippen LogP contribution in [0.3, 0.4) is 0 Å². The molecule has 0 aliphatic rings. The number of aromatic nitrogens is 2. The van der Waals surface area contributed by atoms with Crippen molar-refractivity contribution < 1.29 is 0 Å². The Morgan fingerprint density at radius 1 is 0.438 bits per heavy atom. The molecule has 10 aromatic rings. The van der Waals surface area contributed by atoms with E-state index in [0.717, 1.165) is 22.8 Å². The molecular formula is C70H71N3. The lowest BCUT2D eigenvalue weighted by Gasteiger charge is -2.20. The van der Waals surface area contributed by atoms with Crippen molar-refractivity contribution in [3.63, 3.8) is 0 Å². The number of hydrogen-bond donors (Lipinski definition) is 0. The molecule has 0 amide bonds. The molecule has 0 fully saturated rings. The van der Waals surface area contributed by atoms with E-state index in [1.54, 1.807) is 13.3 Å². The largest absolute Gasteiger partial charge is 0.310 e. The molecule has 0 bridgehead atoms. The van der Waals surface area contributed by atoms with Crippen molar-refractivity contribution in [2.75, 3.05) is 7.05 Å². The quantitative estimate of drug-likeness (QED) is 0.0740. The van der Waals surface area contributed by atoms with Crippen LogP contribution in [0.4, 0.5) is 0 Å². The van der Waals surface area contributed by atoms with Crippen LogP contribution in [0.1, 0.15) is 80.7 Å². The van der Waals surface area contributed by atoms with Crippen molar-refractivity contribution in [1.82, 2.24) is 9.13 Å². The van der Waals surface area contributed by atoms with Gasteiger partial charge in [0.1, 0.15) is 0 Å². The van der Waals surface area contributed by atoms with Crippen molar-refractivity contribution in [2.45, 2.75) is 69.2 Å². The van der Waals surface area contributed by atoms with Crippen molar-refractivity contribution in [3.8, 4) is 44.8 Å². The molecule has 0 spiro atoms. The molecule has 0 aliphatic carbocycles. The van der Waals surface area contributed by atoms with Crippen LogP contribution in [0.25, 0.3) is 106 Å². The second kappa shape index (κ2) is 24.2. The van der Waals surface area contributed by atoms with Crippen LogP contribution in [0.2, 0.25) is 0 Å². The van der Waals surface area contributed by atoms with Crippen LogP contribution in [0.15, 0.2) is 200 Å². The Bertz CT molecular complexity index is 3590. The van der Waals surface area contributed by atoms with Gasteiger partial charge < -0.3 is 14.1 Å². The van der Waals surface area contributed by atoms with Crippen LogP contribution in [-0.4, -0.2) is 22.4 Å². The number of nitrogens with zero attached hydrogens (tertiary/aromatic N) is 3. The maximum Gasteiger partial charge on any atom is 0.0541 e. The Morgan fingerprint density at radius 3 is 1.33 bits per heavy atom. The highest BCUT2D eigenvalue weighted by Crippen LogP contribution is 2.46. The smallest absolute Gasteiger partial charge is 0.0541 e. The summed E-state index contributed by atoms with van der Waals surface area (Å²) in [4.78, 5) is 3.61. The Labute approximate surface area is 435 Å². The number of fused-ring (bicyclic) bond motifs is 5. The summed E-state index contributed by atoms with van der Waals surface area (Å²) in [6.07, 6.45) is 18.2. The number of para-hydroxylation sites is 2. The summed E-state index contributed by atoms with van der Waals surface area (Å²) in [5.41, 5.74) is 20.5. The average molecular weight is 954 g/mol. The fourth-order valence-electron chi connectivity index (χ4n) is 10.0. The third-order valence-corrected chi connectivity index (χ3v) is 13.7. The zero-order valence-electron chi connectivity index (χ0n) is 44.9. The molecule has 0 radical (unpaired) electrons. The predicted molar refractivity (Wildman–Crippen MR) is 326 cm³/mol. The molecule has 0 aliphatic heterocycles. The van der Waals surface area contributed by atoms with Crippen LogP contribution >= 0.6 is 0 Å². The standard InChI is InChI=1S/C63H52N2.C3H7N.2C2H6/c1-8-11-24-58-43(6)44(7)59(25-12-9-2)64(58)48-34-29-45(30-35-48)62-54-22-13-14-23-55(54)63(57-40-47(33-39-56(57)62)51-38-28-41(4)42(5)50(51)19-10-3)46-31-36-49(37-32-46)65-60-26-17-15-20-52(60)53-21-16-18-27-61(53)65;1-3-4-2;2*1-2/h8-40H,1-2H2,3-7H3;3H,1-2H3;2*1-2H3/b19-10-,24-11-,25-12-;;;. The fraction of sp³-hybridized carbons (Fsp3) is 0.157. The van der Waals surface area contributed by atoms with E-state index in [4.69, 9.17) is 0 Å². The summed E-state index contributed by atoms with van der Waals surface area (Å²) in [5.74, 6) is 0. The lowest BCUT2D eigenvalue weighted by molar-refractivity contribution is 1.04. The Morgan fingerprint density at radius 2 is 0.863 bits per heavy atom. The van der Waals surface area contributed by atoms with E-state index < -0.39 is 0 Å². The van der Waals surface area contributed by atoms with Gasteiger partial charge in [-0.1, -0.05) is 187 Å². The monoisotopic (exact) mass is 954 g/mol. The highest BCUT2D eigenvalue weighted by atomic mass is 15.0. The van der Waals surface area contributed by atoms with E-state index in [9.17, 15) is 0 Å². The van der Waals surface area contributed by atoms with E-state index in [0.29, 0.717) is 0 Å². The fourth-order valence-corrected chi connectivity index (χ4v) is 10.0. The molecule has 10 rings (SSSR count). The van der Waals surface area contributed by atoms with Crippen LogP contribution in [0.5, 0.6) is 0 Å². The molecule has 2 aromatic heterocycles. The first-order chi connectivity index (χ1) is 35.7. The topological polar surface area (TPSA) is 22.2 Å². The lowest BCUT2D eigenvalue weighted by Crippen LogP contribution is -2.00. The van der Waals surface area contributed by atoms with Gasteiger partial charge in [-0.05, 0) is 185 Å². The summed E-state index contributed by atoms with van der Waals surface area (Å²) in [6, 6.07) is 56.4. The second-order valence-electron chi connectivity index (χ2n) is 17.6. The minimum absolute atomic E-state index is 1.10. The second-order valence-corrected chi connectivity index (χ2v) is 17.6. The van der Waals surface area contributed by atoms with Crippen molar-refractivity contribution in [3.05, 3.63) is 234 Å². The Kier molecular flexibility index (Phi) is 17.4. The van der Waals surface area contributed by atoms with Crippen LogP contribution < -0.4 is 0 Å². The number of aliphatic imine (C=N–C) groups is 1. The maximum absolute atomic E-state index is 3.96. The summed E-state index contributed by atoms with van der Waals surface area (Å²) in [5, 5.41) is 7.41. The van der Waals surface area contributed by atoms with E-state index in [1.807, 2.05) is 58.9 Å². The summed E-state index contributed by atoms with van der Waals surface area (Å²) in [7, 11) is 1.75. The third-order valence-electron chi connectivity index (χ3n) is 13.7. The molecule has 2 heterocycles. The van der Waals surface area contributed by atoms with Crippen molar-refractivity contribution in [2.24, 2.45) is 4.99 Å². The first-order valence-electron chi connectivity index (χ1n) is 25.8. The highest BCUT2D eigenvalue weighted by Gasteiger charge is 2.21. The Hall–Kier alpha value is -8.27. The first-order valence-corrected chi connectivity index (χ1v) is 25.8. The van der Waals surface area contributed by atoms with Gasteiger partial charge in [-0.25, -0.2) is 0 Å². The molecule has 73 heavy (non-hydrogen) atoms. The molecule has 0 atom stereocenters. The van der Waals surface area contributed by atoms with Gasteiger partial charge in [0.25, 0.3) is 0 Å². The van der Waals surface area contributed by atoms with Gasteiger partial charge in [-0.15, -0.1) is 0 Å². The number of allylic oxidation sites excluding steroid dienone is 5. The SMILES string of the molecule is C=C/C=C\c1c(C)c(C)c(/C=C\C=C)n1-c1ccc(-c2c3ccccc3c(-c3ccc(-n4c5ccccc5c5ccccc54)cc3)c3cc(-c4ccc(C)c(C)c4/C=C\C)ccc23)cc1.CC.CC.CC=NC. The number of rotatable bonds is 10. The molecule has 3 nitrogen and oxygen atoms in total. The van der Waals surface area contributed by atoms with E-state index in [1.165, 1.54) is 105 Å². The lowest BCUT2D eigenvalue weighted by atomic mass is 9.84. The van der Waals surface area contributed by atoms with E-state index in [-0.39, 0.29) is 0 Å². The van der Waals surface area contributed by atoms with Crippen molar-refractivity contribution in [1.29, 1.82) is 0 Å². The Balaban J connectivity index is 0.000000921. The van der Waals surface area contributed by atoms with E-state index >= 15 is 0 Å². The van der Waals surface area contributed by atoms with Gasteiger partial charge >= 0.3 is 0 Å². The van der Waals surface area contributed by atoms with Gasteiger partial charge in [0.15, 0.2) is 0 Å². The molecular weight excluding hydrogens is 883 g/mol. The van der Waals surface area contributed by atoms with Crippen molar-refractivity contribution >= 4 is 67.8 Å². The molecule has 3 heteroatoms. The number of hydrogen-bond acceptors (Lipinski definition) is 1. The molecule has 8 aromatic carbocycles. The number of benzene rings is 8. The summed E-state index contributed by atoms with van der Waals surface area (Å²) in [6.45, 7) is 28.7. The minimum atomic E-state index is 1.10. The highest BCUT2D eigenvalue weighted by molar-refractivity contribution is 6.22. The van der Waals surface area contributed by atoms with Gasteiger partial charge in [-0.2, -0.15) is 0 Å². The van der Waals surface area contributed by atoms with Gasteiger partial charge in [0, 0.05) is 40.6 Å². The van der Waals surface area contributed by atoms with Crippen LogP contribution in [0, 0.1) is 27.7 Å². The van der Waals surface area contributed by atoms with E-state index in [2.05, 4.69) is 238 Å². The van der Waals surface area contributed by atoms with Gasteiger partial charge in [0.05, 0.1) is 11.0 Å². The number of aryl methyl sites for hydroxylation is 1. The first kappa shape index (κ1) is 52.6. The molecule has 0 saturated carbocycles. The van der Waals surface area contributed by atoms with Gasteiger partial charge in [0.2, 0.25) is 0 Å². The summed E-state index contributed by atoms with van der Waals surface area (Å²) >= 11 is 0. The average Bonchev–Trinajstić information content (AvgIpc) is 3.90. The maximum atomic E-state index is 3.96. The molecule has 0 N–H and O–H groups in total. The zero-order valence-corrected chi connectivity index (χ0v) is 44.9. The molecule has 0 unspecified atom stereocenters. The van der Waals surface area contributed by atoms with Gasteiger partial charge in [-0.3, -0.25) is 0 Å². The third kappa shape index (κ3) is 10.1. The minimum Gasteiger partial charge on any atom is -0.310 e.